The van der Waals surface area contributed by atoms with Crippen LogP contribution in [0.2, 0.25) is 0 Å². The Bertz CT molecular complexity index is 728. The number of hydrogen-bond acceptors (Lipinski definition) is 3. The molecule has 0 amide bonds. The van der Waals surface area contributed by atoms with E-state index in [-0.39, 0.29) is 0 Å². The van der Waals surface area contributed by atoms with Gasteiger partial charge in [0, 0.05) is 11.1 Å². The van der Waals surface area contributed by atoms with E-state index < -0.39 is 46.4 Å². The molecule has 0 bridgehead atoms. The number of aromatic nitrogens is 1. The summed E-state index contributed by atoms with van der Waals surface area (Å²) in [5.41, 5.74) is 3.05. The lowest BCUT2D eigenvalue weighted by molar-refractivity contribution is 0.383. The fraction of sp³-hybridized carbons (Fsp3) is 0.286. The molecule has 1 aliphatic carbocycles. The van der Waals surface area contributed by atoms with Crippen molar-refractivity contribution in [1.29, 1.82) is 0 Å². The van der Waals surface area contributed by atoms with Crippen molar-refractivity contribution in [3.05, 3.63) is 34.4 Å². The summed E-state index contributed by atoms with van der Waals surface area (Å²) < 4.78 is 55.6. The number of fused-ring (bicyclic) bond motifs is 1. The summed E-state index contributed by atoms with van der Waals surface area (Å²) in [7, 11) is 0. The zero-order chi connectivity index (χ0) is 16.2. The molecule has 4 nitrogen and oxygen atoms in total. The molecule has 1 aliphatic rings. The third-order valence-corrected chi connectivity index (χ3v) is 3.93. The van der Waals surface area contributed by atoms with Crippen LogP contribution in [-0.4, -0.2) is 14.8 Å². The average Bonchev–Trinajstić information content (AvgIpc) is 2.77. The number of nitrogens with zero attached hydrogens (tertiary/aromatic N) is 1. The Balaban J connectivity index is 2.37. The summed E-state index contributed by atoms with van der Waals surface area (Å²) >= 11 is 0. The van der Waals surface area contributed by atoms with Crippen molar-refractivity contribution >= 4 is 5.69 Å². The molecule has 1 aromatic carbocycles. The number of hydrogen-bond donors (Lipinski definition) is 3. The minimum absolute atomic E-state index is 0.320. The fourth-order valence-corrected chi connectivity index (χ4v) is 2.81. The first-order valence-corrected chi connectivity index (χ1v) is 6.62. The molecular weight excluding hydrogens is 304 g/mol. The van der Waals surface area contributed by atoms with Crippen molar-refractivity contribution in [1.82, 2.24) is 4.57 Å². The Morgan fingerprint density at radius 2 is 1.18 bits per heavy atom. The molecule has 0 saturated heterocycles. The number of nitrogen functional groups attached to an aromatic ring is 1. The van der Waals surface area contributed by atoms with E-state index in [1.165, 1.54) is 0 Å². The Morgan fingerprint density at radius 3 is 1.59 bits per heavy atom. The molecule has 2 aromatic rings. The van der Waals surface area contributed by atoms with Crippen LogP contribution < -0.4 is 5.73 Å². The van der Waals surface area contributed by atoms with E-state index in [9.17, 15) is 27.8 Å². The number of rotatable bonds is 1. The molecule has 1 heterocycles. The molecule has 0 radical (unpaired) electrons. The Labute approximate surface area is 122 Å². The number of anilines is 1. The van der Waals surface area contributed by atoms with Gasteiger partial charge in [-0.15, -0.1) is 0 Å². The molecule has 0 saturated carbocycles. The summed E-state index contributed by atoms with van der Waals surface area (Å²) in [4.78, 5) is 0. The summed E-state index contributed by atoms with van der Waals surface area (Å²) in [6.45, 7) is 0. The molecular formula is C14H12F4N2O2. The number of aromatic hydroxyl groups is 2. The van der Waals surface area contributed by atoms with Gasteiger partial charge in [-0.05, 0) is 25.7 Å². The predicted octanol–water partition coefficient (Wildman–Crippen LogP) is 2.91. The predicted molar refractivity (Wildman–Crippen MR) is 70.0 cm³/mol. The van der Waals surface area contributed by atoms with Crippen molar-refractivity contribution in [2.75, 3.05) is 5.73 Å². The number of halogens is 4. The topological polar surface area (TPSA) is 71.4 Å². The molecule has 0 spiro atoms. The summed E-state index contributed by atoms with van der Waals surface area (Å²) in [5.74, 6) is -8.38. The average molecular weight is 316 g/mol. The van der Waals surface area contributed by atoms with Crippen LogP contribution in [-0.2, 0) is 12.8 Å². The lowest BCUT2D eigenvalue weighted by Crippen LogP contribution is -2.10. The van der Waals surface area contributed by atoms with Crippen molar-refractivity contribution in [2.45, 2.75) is 25.7 Å². The lowest BCUT2D eigenvalue weighted by Gasteiger charge is -2.12. The fourth-order valence-electron chi connectivity index (χ4n) is 2.81. The summed E-state index contributed by atoms with van der Waals surface area (Å²) in [5, 5.41) is 20.2. The van der Waals surface area contributed by atoms with Gasteiger partial charge in [-0.3, -0.25) is 0 Å². The maximum Gasteiger partial charge on any atom is 0.202 e. The smallest absolute Gasteiger partial charge is 0.202 e. The van der Waals surface area contributed by atoms with Crippen LogP contribution in [0.5, 0.6) is 11.8 Å². The zero-order valence-electron chi connectivity index (χ0n) is 11.3. The molecule has 8 heteroatoms. The molecule has 0 aliphatic heterocycles. The second kappa shape index (κ2) is 4.82. The largest absolute Gasteiger partial charge is 0.494 e. The standard InChI is InChI=1S/C14H12F4N2O2/c15-7-9(17)12(10(18)8(16)11(7)19)20-13(21)5-3-1-2-4-6(5)14(20)22/h21-22H,1-4,19H2. The second-order valence-electron chi connectivity index (χ2n) is 5.17. The Kier molecular flexibility index (Phi) is 3.19. The normalized spacial score (nSPS) is 14.2. The third kappa shape index (κ3) is 1.76. The lowest BCUT2D eigenvalue weighted by atomic mass is 9.95. The maximum absolute atomic E-state index is 14.0. The monoisotopic (exact) mass is 316 g/mol. The van der Waals surface area contributed by atoms with Crippen molar-refractivity contribution in [3.63, 3.8) is 0 Å². The molecule has 118 valence electrons. The first kappa shape index (κ1) is 14.6. The quantitative estimate of drug-likeness (QED) is 0.430. The highest BCUT2D eigenvalue weighted by molar-refractivity contribution is 5.58. The van der Waals surface area contributed by atoms with Crippen LogP contribution in [0.25, 0.3) is 5.69 Å². The highest BCUT2D eigenvalue weighted by Crippen LogP contribution is 2.43. The molecule has 0 fully saturated rings. The SMILES string of the molecule is Nc1c(F)c(F)c(-n2c(O)c3c(c2O)CCCC3)c(F)c1F. The van der Waals surface area contributed by atoms with Gasteiger partial charge in [0.15, 0.2) is 23.3 Å². The van der Waals surface area contributed by atoms with E-state index >= 15 is 0 Å². The van der Waals surface area contributed by atoms with Crippen LogP contribution in [0.15, 0.2) is 0 Å². The molecule has 1 aromatic heterocycles. The summed E-state index contributed by atoms with van der Waals surface area (Å²) in [6, 6.07) is 0. The van der Waals surface area contributed by atoms with E-state index in [0.29, 0.717) is 28.5 Å². The van der Waals surface area contributed by atoms with Gasteiger partial charge in [0.25, 0.3) is 0 Å². The van der Waals surface area contributed by atoms with E-state index in [4.69, 9.17) is 5.73 Å². The minimum atomic E-state index is -1.78. The van der Waals surface area contributed by atoms with Crippen LogP contribution >= 0.6 is 0 Å². The molecule has 0 unspecified atom stereocenters. The van der Waals surface area contributed by atoms with Crippen LogP contribution in [0, 0.1) is 23.3 Å². The van der Waals surface area contributed by atoms with E-state index in [1.54, 1.807) is 0 Å². The van der Waals surface area contributed by atoms with Crippen molar-refractivity contribution < 1.29 is 27.8 Å². The molecule has 0 atom stereocenters. The van der Waals surface area contributed by atoms with Gasteiger partial charge in [-0.2, -0.15) is 0 Å². The van der Waals surface area contributed by atoms with E-state index in [1.807, 2.05) is 0 Å². The third-order valence-electron chi connectivity index (χ3n) is 3.93. The van der Waals surface area contributed by atoms with E-state index in [0.717, 1.165) is 12.8 Å². The van der Waals surface area contributed by atoms with Gasteiger partial charge in [0.05, 0.1) is 0 Å². The molecule has 22 heavy (non-hydrogen) atoms. The minimum Gasteiger partial charge on any atom is -0.494 e. The van der Waals surface area contributed by atoms with Gasteiger partial charge in [0.2, 0.25) is 11.8 Å². The van der Waals surface area contributed by atoms with Crippen molar-refractivity contribution in [2.24, 2.45) is 0 Å². The van der Waals surface area contributed by atoms with Crippen molar-refractivity contribution in [3.8, 4) is 17.4 Å². The first-order valence-electron chi connectivity index (χ1n) is 6.62. The number of benzene rings is 1. The Morgan fingerprint density at radius 1 is 0.773 bits per heavy atom. The van der Waals surface area contributed by atoms with Gasteiger partial charge in [-0.25, -0.2) is 22.1 Å². The van der Waals surface area contributed by atoms with Crippen LogP contribution in [0.1, 0.15) is 24.0 Å². The molecule has 3 rings (SSSR count). The number of nitrogens with two attached hydrogens (primary N) is 1. The second-order valence-corrected chi connectivity index (χ2v) is 5.17. The van der Waals surface area contributed by atoms with E-state index in [2.05, 4.69) is 0 Å². The van der Waals surface area contributed by atoms with Gasteiger partial charge < -0.3 is 15.9 Å². The highest BCUT2D eigenvalue weighted by atomic mass is 19.2. The zero-order valence-corrected chi connectivity index (χ0v) is 11.3. The Hall–Kier alpha value is -2.38. The first-order chi connectivity index (χ1) is 10.4. The van der Waals surface area contributed by atoms with Crippen LogP contribution in [0.3, 0.4) is 0 Å². The van der Waals surface area contributed by atoms with Crippen LogP contribution in [0.4, 0.5) is 23.2 Å². The summed E-state index contributed by atoms with van der Waals surface area (Å²) in [6.07, 6.45) is 2.23. The highest BCUT2D eigenvalue weighted by Gasteiger charge is 2.32. The maximum atomic E-state index is 14.0. The van der Waals surface area contributed by atoms with Gasteiger partial charge in [-0.1, -0.05) is 0 Å². The molecule has 4 N–H and O–H groups in total. The van der Waals surface area contributed by atoms with Gasteiger partial charge in [0.1, 0.15) is 11.4 Å². The van der Waals surface area contributed by atoms with Gasteiger partial charge >= 0.3 is 0 Å².